The number of fused-ring (bicyclic) bond motifs is 1. The third-order valence-corrected chi connectivity index (χ3v) is 4.80. The first kappa shape index (κ1) is 18.0. The molecule has 3 N–H and O–H groups in total. The van der Waals surface area contributed by atoms with Gasteiger partial charge in [-0.3, -0.25) is 4.98 Å². The Morgan fingerprint density at radius 2 is 1.50 bits per heavy atom. The first-order valence-electron chi connectivity index (χ1n) is 9.42. The number of aromatic hydroxyl groups is 1. The first-order valence-corrected chi connectivity index (χ1v) is 9.42. The molecule has 4 rings (SSSR count). The summed E-state index contributed by atoms with van der Waals surface area (Å²) in [5.74, 6) is 0.229. The Morgan fingerprint density at radius 3 is 2.32 bits per heavy atom. The van der Waals surface area contributed by atoms with E-state index in [2.05, 4.69) is 64.1 Å². The van der Waals surface area contributed by atoms with E-state index in [1.165, 1.54) is 16.7 Å². The fourth-order valence-electron chi connectivity index (χ4n) is 3.32. The quantitative estimate of drug-likeness (QED) is 0.436. The van der Waals surface area contributed by atoms with Crippen LogP contribution in [0.25, 0.3) is 10.9 Å². The Labute approximate surface area is 164 Å². The van der Waals surface area contributed by atoms with Crippen LogP contribution in [0.5, 0.6) is 5.75 Å². The number of hydrogen-bond donors (Lipinski definition) is 3. The Morgan fingerprint density at radius 1 is 0.750 bits per heavy atom. The van der Waals surface area contributed by atoms with E-state index in [-0.39, 0.29) is 5.75 Å². The van der Waals surface area contributed by atoms with Gasteiger partial charge >= 0.3 is 0 Å². The van der Waals surface area contributed by atoms with Crippen molar-refractivity contribution in [3.63, 3.8) is 0 Å². The predicted octanol–water partition coefficient (Wildman–Crippen LogP) is 4.84. The molecule has 0 saturated heterocycles. The van der Waals surface area contributed by atoms with Gasteiger partial charge in [-0.1, -0.05) is 54.6 Å². The molecule has 1 heterocycles. The van der Waals surface area contributed by atoms with Crippen molar-refractivity contribution in [1.29, 1.82) is 0 Å². The number of aromatic nitrogens is 1. The Kier molecular flexibility index (Phi) is 5.50. The maximum Gasteiger partial charge on any atom is 0.117 e. The highest BCUT2D eigenvalue weighted by molar-refractivity contribution is 5.91. The van der Waals surface area contributed by atoms with Gasteiger partial charge < -0.3 is 15.7 Å². The molecule has 0 fully saturated rings. The van der Waals surface area contributed by atoms with Crippen LogP contribution in [0.3, 0.4) is 0 Å². The van der Waals surface area contributed by atoms with Crippen LogP contribution in [0.15, 0.2) is 85.1 Å². The number of phenols is 1. The molecule has 4 heteroatoms. The van der Waals surface area contributed by atoms with E-state index >= 15 is 0 Å². The number of anilines is 1. The van der Waals surface area contributed by atoms with Gasteiger partial charge in [0.15, 0.2) is 0 Å². The lowest BCUT2D eigenvalue weighted by Gasteiger charge is -2.14. The van der Waals surface area contributed by atoms with E-state index in [1.807, 2.05) is 18.2 Å². The van der Waals surface area contributed by atoms with E-state index in [0.29, 0.717) is 0 Å². The number of nitrogens with zero attached hydrogens (tertiary/aromatic N) is 1. The molecule has 0 saturated carbocycles. The largest absolute Gasteiger partial charge is 0.508 e. The van der Waals surface area contributed by atoms with Crippen LogP contribution in [-0.2, 0) is 19.6 Å². The van der Waals surface area contributed by atoms with Crippen molar-refractivity contribution in [2.24, 2.45) is 0 Å². The lowest BCUT2D eigenvalue weighted by atomic mass is 10.1. The lowest BCUT2D eigenvalue weighted by Crippen LogP contribution is -2.15. The van der Waals surface area contributed by atoms with E-state index in [1.54, 1.807) is 18.3 Å². The van der Waals surface area contributed by atoms with E-state index in [4.69, 9.17) is 0 Å². The number of benzene rings is 3. The molecule has 0 aliphatic rings. The molecule has 0 spiro atoms. The molecule has 0 atom stereocenters. The Balaban J connectivity index is 1.44. The minimum Gasteiger partial charge on any atom is -0.508 e. The predicted molar refractivity (Wildman–Crippen MR) is 114 cm³/mol. The van der Waals surface area contributed by atoms with Crippen molar-refractivity contribution in [1.82, 2.24) is 10.3 Å². The van der Waals surface area contributed by atoms with Crippen LogP contribution >= 0.6 is 0 Å². The third kappa shape index (κ3) is 4.30. The third-order valence-electron chi connectivity index (χ3n) is 4.80. The summed E-state index contributed by atoms with van der Waals surface area (Å²) in [6, 6.07) is 26.1. The van der Waals surface area contributed by atoms with Crippen LogP contribution in [0, 0.1) is 0 Å². The molecule has 0 aliphatic heterocycles. The summed E-state index contributed by atoms with van der Waals surface area (Å²) in [5, 5.41) is 17.7. The normalized spacial score (nSPS) is 10.9. The van der Waals surface area contributed by atoms with Crippen molar-refractivity contribution >= 4 is 16.6 Å². The number of rotatable bonds is 7. The molecule has 3 aromatic carbocycles. The average Bonchev–Trinajstić information content (AvgIpc) is 2.73. The summed E-state index contributed by atoms with van der Waals surface area (Å²) in [6.07, 6.45) is 1.76. The van der Waals surface area contributed by atoms with Crippen molar-refractivity contribution < 1.29 is 5.11 Å². The first-order chi connectivity index (χ1) is 13.8. The fraction of sp³-hybridized carbons (Fsp3) is 0.125. The van der Waals surface area contributed by atoms with Crippen molar-refractivity contribution in [3.8, 4) is 5.75 Å². The molecule has 0 bridgehead atoms. The van der Waals surface area contributed by atoms with E-state index in [9.17, 15) is 5.11 Å². The zero-order valence-corrected chi connectivity index (χ0v) is 15.6. The van der Waals surface area contributed by atoms with Gasteiger partial charge in [0.05, 0.1) is 5.52 Å². The highest BCUT2D eigenvalue weighted by Crippen LogP contribution is 2.25. The van der Waals surface area contributed by atoms with Gasteiger partial charge in [0.2, 0.25) is 0 Å². The maximum atomic E-state index is 9.66. The summed E-state index contributed by atoms with van der Waals surface area (Å²) in [4.78, 5) is 4.33. The minimum atomic E-state index is 0.229. The smallest absolute Gasteiger partial charge is 0.117 e. The molecule has 0 aliphatic carbocycles. The zero-order chi connectivity index (χ0) is 19.2. The zero-order valence-electron chi connectivity index (χ0n) is 15.6. The van der Waals surface area contributed by atoms with Gasteiger partial charge in [-0.25, -0.2) is 0 Å². The van der Waals surface area contributed by atoms with Gasteiger partial charge in [0, 0.05) is 43.0 Å². The number of phenolic OH excluding ortho intramolecular Hbond substituents is 1. The second kappa shape index (κ2) is 8.55. The number of pyridine rings is 1. The summed E-state index contributed by atoms with van der Waals surface area (Å²) in [7, 11) is 0. The highest BCUT2D eigenvalue weighted by Gasteiger charge is 2.05. The maximum absolute atomic E-state index is 9.66. The summed E-state index contributed by atoms with van der Waals surface area (Å²) in [5.41, 5.74) is 5.61. The van der Waals surface area contributed by atoms with E-state index in [0.717, 1.165) is 36.2 Å². The molecule has 0 amide bonds. The molecular formula is C24H23N3O. The monoisotopic (exact) mass is 369 g/mol. The van der Waals surface area contributed by atoms with Crippen LogP contribution in [0.4, 0.5) is 5.69 Å². The summed E-state index contributed by atoms with van der Waals surface area (Å²) in [6.45, 7) is 2.39. The standard InChI is InChI=1S/C24H23N3O/c28-21-10-11-22-23(12-13-26-24(22)14-21)27-17-20-9-5-4-8-19(20)16-25-15-18-6-2-1-3-7-18/h1-14,25,28H,15-17H2,(H,26,27). The molecule has 0 radical (unpaired) electrons. The Hall–Kier alpha value is -3.37. The molecule has 0 unspecified atom stereocenters. The molecular weight excluding hydrogens is 346 g/mol. The molecule has 28 heavy (non-hydrogen) atoms. The topological polar surface area (TPSA) is 57.2 Å². The van der Waals surface area contributed by atoms with Gasteiger partial charge in [0.25, 0.3) is 0 Å². The lowest BCUT2D eigenvalue weighted by molar-refractivity contribution is 0.476. The fourth-order valence-corrected chi connectivity index (χ4v) is 3.32. The Bertz CT molecular complexity index is 1060. The number of nitrogens with one attached hydrogen (secondary N) is 2. The van der Waals surface area contributed by atoms with Gasteiger partial charge in [-0.15, -0.1) is 0 Å². The second-order valence-electron chi connectivity index (χ2n) is 6.77. The highest BCUT2D eigenvalue weighted by atomic mass is 16.3. The van der Waals surface area contributed by atoms with Crippen molar-refractivity contribution in [2.75, 3.05) is 5.32 Å². The van der Waals surface area contributed by atoms with Crippen LogP contribution < -0.4 is 10.6 Å². The number of hydrogen-bond acceptors (Lipinski definition) is 4. The SMILES string of the molecule is Oc1ccc2c(NCc3ccccc3CNCc3ccccc3)ccnc2c1. The molecule has 4 aromatic rings. The van der Waals surface area contributed by atoms with Gasteiger partial charge in [-0.05, 0) is 34.9 Å². The average molecular weight is 369 g/mol. The second-order valence-corrected chi connectivity index (χ2v) is 6.77. The molecule has 1 aromatic heterocycles. The summed E-state index contributed by atoms with van der Waals surface area (Å²) >= 11 is 0. The van der Waals surface area contributed by atoms with E-state index < -0.39 is 0 Å². The molecule has 4 nitrogen and oxygen atoms in total. The van der Waals surface area contributed by atoms with Gasteiger partial charge in [0.1, 0.15) is 5.75 Å². The van der Waals surface area contributed by atoms with Crippen molar-refractivity contribution in [2.45, 2.75) is 19.6 Å². The molecule has 140 valence electrons. The van der Waals surface area contributed by atoms with Gasteiger partial charge in [-0.2, -0.15) is 0 Å². The van der Waals surface area contributed by atoms with Crippen molar-refractivity contribution in [3.05, 3.63) is 102 Å². The van der Waals surface area contributed by atoms with Crippen LogP contribution in [0.2, 0.25) is 0 Å². The summed E-state index contributed by atoms with van der Waals surface area (Å²) < 4.78 is 0. The van der Waals surface area contributed by atoms with Crippen LogP contribution in [0.1, 0.15) is 16.7 Å². The van der Waals surface area contributed by atoms with Crippen LogP contribution in [-0.4, -0.2) is 10.1 Å². The minimum absolute atomic E-state index is 0.229.